The lowest BCUT2D eigenvalue weighted by atomic mass is 9.81. The zero-order valence-corrected chi connectivity index (χ0v) is 12.8. The summed E-state index contributed by atoms with van der Waals surface area (Å²) in [5.74, 6) is 2.37. The summed E-state index contributed by atoms with van der Waals surface area (Å²) < 4.78 is 2.19. The molecule has 4 heteroatoms. The second-order valence-corrected chi connectivity index (χ2v) is 6.34. The molecule has 2 aromatic rings. The predicted molar refractivity (Wildman–Crippen MR) is 85.8 cm³/mol. The molecule has 0 radical (unpaired) electrons. The molecule has 0 aliphatic heterocycles. The molecule has 3 rings (SSSR count). The van der Waals surface area contributed by atoms with E-state index in [1.54, 1.807) is 0 Å². The number of nitrogen functional groups attached to an aromatic ring is 1. The summed E-state index contributed by atoms with van der Waals surface area (Å²) >= 11 is 0. The van der Waals surface area contributed by atoms with Gasteiger partial charge in [0.15, 0.2) is 0 Å². The first-order valence-corrected chi connectivity index (χ1v) is 8.06. The first-order chi connectivity index (χ1) is 10.2. The Hall–Kier alpha value is -1.55. The molecule has 1 heterocycles. The van der Waals surface area contributed by atoms with Crippen LogP contribution in [0.25, 0.3) is 11.0 Å². The molecule has 1 aliphatic carbocycles. The van der Waals surface area contributed by atoms with Crippen molar-refractivity contribution in [3.63, 3.8) is 0 Å². The molecule has 21 heavy (non-hydrogen) atoms. The normalized spacial score (nSPS) is 22.8. The van der Waals surface area contributed by atoms with E-state index < -0.39 is 0 Å². The summed E-state index contributed by atoms with van der Waals surface area (Å²) in [6, 6.07) is 5.82. The van der Waals surface area contributed by atoms with Gasteiger partial charge in [0.2, 0.25) is 0 Å². The molecular formula is C17H25N3O. The lowest BCUT2D eigenvalue weighted by Crippen LogP contribution is -2.19. The molecule has 0 atom stereocenters. The molecule has 0 spiro atoms. The molecule has 1 aromatic carbocycles. The van der Waals surface area contributed by atoms with E-state index in [9.17, 15) is 5.11 Å². The predicted octanol–water partition coefficient (Wildman–Crippen LogP) is 3.33. The fraction of sp³-hybridized carbons (Fsp3) is 0.588. The number of benzene rings is 1. The van der Waals surface area contributed by atoms with Crippen molar-refractivity contribution in [2.24, 2.45) is 11.8 Å². The van der Waals surface area contributed by atoms with Crippen molar-refractivity contribution < 1.29 is 5.11 Å². The smallest absolute Gasteiger partial charge is 0.135 e. The topological polar surface area (TPSA) is 64.1 Å². The molecular weight excluding hydrogens is 262 g/mol. The fourth-order valence-corrected chi connectivity index (χ4v) is 3.60. The van der Waals surface area contributed by atoms with E-state index >= 15 is 0 Å². The van der Waals surface area contributed by atoms with Crippen molar-refractivity contribution in [2.75, 3.05) is 5.73 Å². The average molecular weight is 287 g/mol. The van der Waals surface area contributed by atoms with E-state index in [1.807, 2.05) is 18.2 Å². The molecule has 1 saturated carbocycles. The maximum absolute atomic E-state index is 9.58. The van der Waals surface area contributed by atoms with Crippen LogP contribution in [0.1, 0.15) is 44.9 Å². The minimum absolute atomic E-state index is 0.0150. The highest BCUT2D eigenvalue weighted by Gasteiger charge is 2.22. The van der Waals surface area contributed by atoms with Gasteiger partial charge in [0, 0.05) is 12.2 Å². The van der Waals surface area contributed by atoms with Crippen LogP contribution in [0.15, 0.2) is 18.2 Å². The van der Waals surface area contributed by atoms with Gasteiger partial charge in [-0.3, -0.25) is 0 Å². The van der Waals surface area contributed by atoms with Crippen LogP contribution in [-0.2, 0) is 13.2 Å². The van der Waals surface area contributed by atoms with Gasteiger partial charge in [0.1, 0.15) is 12.4 Å². The summed E-state index contributed by atoms with van der Waals surface area (Å²) in [7, 11) is 0. The Morgan fingerprint density at radius 1 is 1.24 bits per heavy atom. The van der Waals surface area contributed by atoms with Crippen LogP contribution in [0.2, 0.25) is 0 Å². The lowest BCUT2D eigenvalue weighted by Gasteiger charge is -2.28. The van der Waals surface area contributed by atoms with Gasteiger partial charge < -0.3 is 15.4 Å². The number of aromatic nitrogens is 2. The first kappa shape index (κ1) is 14.4. The van der Waals surface area contributed by atoms with Gasteiger partial charge in [0.05, 0.1) is 11.0 Å². The van der Waals surface area contributed by atoms with Gasteiger partial charge in [-0.25, -0.2) is 4.98 Å². The van der Waals surface area contributed by atoms with Crippen LogP contribution in [-0.4, -0.2) is 14.7 Å². The molecule has 0 unspecified atom stereocenters. The second-order valence-electron chi connectivity index (χ2n) is 6.34. The summed E-state index contributed by atoms with van der Waals surface area (Å²) in [4.78, 5) is 4.52. The van der Waals surface area contributed by atoms with Crippen LogP contribution < -0.4 is 5.73 Å². The summed E-state index contributed by atoms with van der Waals surface area (Å²) in [6.07, 6.45) is 6.57. The molecule has 3 N–H and O–H groups in total. The molecule has 1 fully saturated rings. The van der Waals surface area contributed by atoms with E-state index in [-0.39, 0.29) is 6.61 Å². The standard InChI is InChI=1S/C17H25N3O/c1-2-12-3-5-13(6-4-12)10-20-16-8-7-14(18)9-15(16)19-17(20)11-21/h7-9,12-13,21H,2-6,10-11,18H2,1H3. The molecule has 0 amide bonds. The van der Waals surface area contributed by atoms with Crippen LogP contribution >= 0.6 is 0 Å². The number of aliphatic hydroxyl groups is 1. The van der Waals surface area contributed by atoms with Crippen molar-refractivity contribution in [1.82, 2.24) is 9.55 Å². The van der Waals surface area contributed by atoms with E-state index in [0.717, 1.165) is 35.0 Å². The van der Waals surface area contributed by atoms with Gasteiger partial charge in [0.25, 0.3) is 0 Å². The highest BCUT2D eigenvalue weighted by atomic mass is 16.3. The molecule has 0 saturated heterocycles. The Labute approximate surface area is 126 Å². The highest BCUT2D eigenvalue weighted by molar-refractivity contribution is 5.79. The van der Waals surface area contributed by atoms with Gasteiger partial charge in [-0.1, -0.05) is 26.2 Å². The van der Waals surface area contributed by atoms with E-state index in [0.29, 0.717) is 5.92 Å². The Kier molecular flexibility index (Phi) is 4.15. The van der Waals surface area contributed by atoms with Crippen LogP contribution in [0.5, 0.6) is 0 Å². The van der Waals surface area contributed by atoms with Crippen molar-refractivity contribution in [1.29, 1.82) is 0 Å². The third-order valence-corrected chi connectivity index (χ3v) is 4.98. The molecule has 114 valence electrons. The molecule has 0 bridgehead atoms. The van der Waals surface area contributed by atoms with Gasteiger partial charge in [-0.05, 0) is 42.9 Å². The molecule has 1 aromatic heterocycles. The van der Waals surface area contributed by atoms with Crippen LogP contribution in [0.4, 0.5) is 5.69 Å². The van der Waals surface area contributed by atoms with Crippen molar-refractivity contribution in [3.05, 3.63) is 24.0 Å². The van der Waals surface area contributed by atoms with E-state index in [2.05, 4.69) is 16.5 Å². The summed E-state index contributed by atoms with van der Waals surface area (Å²) in [5, 5.41) is 9.58. The quantitative estimate of drug-likeness (QED) is 0.848. The average Bonchev–Trinajstić information content (AvgIpc) is 2.85. The maximum Gasteiger partial charge on any atom is 0.135 e. The highest BCUT2D eigenvalue weighted by Crippen LogP contribution is 2.32. The molecule has 1 aliphatic rings. The number of anilines is 1. The number of rotatable bonds is 4. The number of nitrogens with two attached hydrogens (primary N) is 1. The zero-order chi connectivity index (χ0) is 14.8. The second kappa shape index (κ2) is 6.06. The SMILES string of the molecule is CCC1CCC(Cn2c(CO)nc3cc(N)ccc32)CC1. The number of nitrogens with zero attached hydrogens (tertiary/aromatic N) is 2. The van der Waals surface area contributed by atoms with E-state index in [1.165, 1.54) is 32.1 Å². The van der Waals surface area contributed by atoms with E-state index in [4.69, 9.17) is 5.73 Å². The Morgan fingerprint density at radius 3 is 2.62 bits per heavy atom. The third-order valence-electron chi connectivity index (χ3n) is 4.98. The largest absolute Gasteiger partial charge is 0.399 e. The van der Waals surface area contributed by atoms with Crippen molar-refractivity contribution in [2.45, 2.75) is 52.2 Å². The van der Waals surface area contributed by atoms with Gasteiger partial charge in [-0.15, -0.1) is 0 Å². The first-order valence-electron chi connectivity index (χ1n) is 8.06. The number of hydrogen-bond acceptors (Lipinski definition) is 3. The minimum atomic E-state index is -0.0150. The minimum Gasteiger partial charge on any atom is -0.399 e. The lowest BCUT2D eigenvalue weighted by molar-refractivity contribution is 0.233. The van der Waals surface area contributed by atoms with Gasteiger partial charge in [-0.2, -0.15) is 0 Å². The zero-order valence-electron chi connectivity index (χ0n) is 12.8. The maximum atomic E-state index is 9.58. The Morgan fingerprint density at radius 2 is 1.95 bits per heavy atom. The van der Waals surface area contributed by atoms with Gasteiger partial charge >= 0.3 is 0 Å². The molecule has 4 nitrogen and oxygen atoms in total. The van der Waals surface area contributed by atoms with Crippen molar-refractivity contribution in [3.8, 4) is 0 Å². The fourth-order valence-electron chi connectivity index (χ4n) is 3.60. The Balaban J connectivity index is 1.83. The Bertz CT molecular complexity index is 612. The summed E-state index contributed by atoms with van der Waals surface area (Å²) in [6.45, 7) is 3.24. The van der Waals surface area contributed by atoms with Crippen LogP contribution in [0, 0.1) is 11.8 Å². The summed E-state index contributed by atoms with van der Waals surface area (Å²) in [5.41, 5.74) is 8.53. The monoisotopic (exact) mass is 287 g/mol. The number of fused-ring (bicyclic) bond motifs is 1. The number of hydrogen-bond donors (Lipinski definition) is 2. The third kappa shape index (κ3) is 2.91. The van der Waals surface area contributed by atoms with Crippen molar-refractivity contribution >= 4 is 16.7 Å². The number of aliphatic hydroxyl groups excluding tert-OH is 1. The number of imidazole rings is 1. The van der Waals surface area contributed by atoms with Crippen LogP contribution in [0.3, 0.4) is 0 Å².